The van der Waals surface area contributed by atoms with E-state index in [1.165, 1.54) is 0 Å². The molecule has 1 fully saturated rings. The van der Waals surface area contributed by atoms with Crippen LogP contribution in [0, 0.1) is 13.8 Å². The molecule has 3 rings (SSSR count). The van der Waals surface area contributed by atoms with E-state index >= 15 is 0 Å². The summed E-state index contributed by atoms with van der Waals surface area (Å²) < 4.78 is 7.25. The van der Waals surface area contributed by atoms with Crippen LogP contribution in [-0.4, -0.2) is 52.6 Å². The molecule has 3 N–H and O–H groups in total. The first-order valence-electron chi connectivity index (χ1n) is 7.95. The lowest BCUT2D eigenvalue weighted by atomic mass is 10.4. The first-order chi connectivity index (χ1) is 11.5. The maximum atomic E-state index is 6.17. The Hall–Kier alpha value is -2.06. The molecule has 0 atom stereocenters. The van der Waals surface area contributed by atoms with Gasteiger partial charge in [-0.05, 0) is 13.8 Å². The van der Waals surface area contributed by atoms with Gasteiger partial charge in [0, 0.05) is 25.7 Å². The molecular weight excluding hydrogens is 330 g/mol. The van der Waals surface area contributed by atoms with Crippen molar-refractivity contribution in [1.29, 1.82) is 0 Å². The Balaban J connectivity index is 1.64. The van der Waals surface area contributed by atoms with Crippen LogP contribution < -0.4 is 16.0 Å². The number of rotatable bonds is 5. The molecule has 1 aliphatic rings. The molecule has 0 aliphatic carbocycles. The van der Waals surface area contributed by atoms with E-state index in [4.69, 9.17) is 22.1 Å². The van der Waals surface area contributed by atoms with Crippen LogP contribution in [0.3, 0.4) is 0 Å². The van der Waals surface area contributed by atoms with Gasteiger partial charge >= 0.3 is 0 Å². The highest BCUT2D eigenvalue weighted by molar-refractivity contribution is 6.31. The number of hydrogen-bond acceptors (Lipinski definition) is 7. The lowest BCUT2D eigenvalue weighted by Crippen LogP contribution is -2.37. The molecule has 2 aromatic rings. The van der Waals surface area contributed by atoms with Crippen LogP contribution in [0.25, 0.3) is 0 Å². The zero-order chi connectivity index (χ0) is 17.1. The third-order valence-electron chi connectivity index (χ3n) is 3.99. The number of ether oxygens (including phenoxy) is 1. The lowest BCUT2D eigenvalue weighted by molar-refractivity contribution is 0.122. The zero-order valence-electron chi connectivity index (χ0n) is 13.9. The van der Waals surface area contributed by atoms with Gasteiger partial charge in [-0.25, -0.2) is 0 Å². The Labute approximate surface area is 146 Å². The first kappa shape index (κ1) is 16.8. The van der Waals surface area contributed by atoms with E-state index < -0.39 is 0 Å². The van der Waals surface area contributed by atoms with Crippen molar-refractivity contribution in [2.75, 3.05) is 48.8 Å². The van der Waals surface area contributed by atoms with Gasteiger partial charge in [0.15, 0.2) is 0 Å². The average molecular weight is 352 g/mol. The fourth-order valence-corrected chi connectivity index (χ4v) is 2.82. The highest BCUT2D eigenvalue weighted by Crippen LogP contribution is 2.20. The van der Waals surface area contributed by atoms with E-state index in [1.807, 2.05) is 24.6 Å². The molecule has 2 aromatic heterocycles. The van der Waals surface area contributed by atoms with Crippen LogP contribution in [-0.2, 0) is 11.3 Å². The number of nitrogen functional groups attached to an aromatic ring is 1. The van der Waals surface area contributed by atoms with E-state index in [9.17, 15) is 0 Å². The fraction of sp³-hybridized carbons (Fsp3) is 0.533. The van der Waals surface area contributed by atoms with Crippen molar-refractivity contribution in [3.8, 4) is 0 Å². The molecule has 24 heavy (non-hydrogen) atoms. The van der Waals surface area contributed by atoms with E-state index in [1.54, 1.807) is 0 Å². The average Bonchev–Trinajstić information content (AvgIpc) is 2.82. The van der Waals surface area contributed by atoms with Crippen molar-refractivity contribution in [2.45, 2.75) is 20.4 Å². The molecule has 8 nitrogen and oxygen atoms in total. The van der Waals surface area contributed by atoms with Gasteiger partial charge in [-0.2, -0.15) is 15.1 Å². The van der Waals surface area contributed by atoms with Crippen LogP contribution in [0.5, 0.6) is 0 Å². The predicted octanol–water partition coefficient (Wildman–Crippen LogP) is 1.47. The maximum Gasteiger partial charge on any atom is 0.223 e. The lowest BCUT2D eigenvalue weighted by Gasteiger charge is -2.28. The molecule has 1 aliphatic heterocycles. The molecule has 0 radical (unpaired) electrons. The number of nitrogens with zero attached hydrogens (tertiary/aromatic N) is 5. The normalized spacial score (nSPS) is 14.9. The molecule has 3 heterocycles. The largest absolute Gasteiger partial charge is 0.378 e. The van der Waals surface area contributed by atoms with Crippen LogP contribution in [0.2, 0.25) is 5.02 Å². The summed E-state index contributed by atoms with van der Waals surface area (Å²) in [5.74, 6) is 1.79. The topological polar surface area (TPSA) is 94.1 Å². The molecule has 9 heteroatoms. The van der Waals surface area contributed by atoms with Crippen molar-refractivity contribution in [3.63, 3.8) is 0 Å². The smallest absolute Gasteiger partial charge is 0.223 e. The summed E-state index contributed by atoms with van der Waals surface area (Å²) in [6, 6.07) is 1.91. The number of morpholine rings is 1. The second kappa shape index (κ2) is 7.23. The van der Waals surface area contributed by atoms with Gasteiger partial charge in [0.25, 0.3) is 0 Å². The second-order valence-electron chi connectivity index (χ2n) is 5.70. The van der Waals surface area contributed by atoms with Crippen molar-refractivity contribution < 1.29 is 4.74 Å². The van der Waals surface area contributed by atoms with Crippen LogP contribution >= 0.6 is 11.6 Å². The van der Waals surface area contributed by atoms with E-state index in [-0.39, 0.29) is 5.95 Å². The van der Waals surface area contributed by atoms with Gasteiger partial charge in [-0.15, -0.1) is 0 Å². The Morgan fingerprint density at radius 3 is 2.71 bits per heavy atom. The summed E-state index contributed by atoms with van der Waals surface area (Å²) in [4.78, 5) is 10.7. The first-order valence-corrected chi connectivity index (χ1v) is 8.33. The Morgan fingerprint density at radius 2 is 2.04 bits per heavy atom. The molecule has 130 valence electrons. The summed E-state index contributed by atoms with van der Waals surface area (Å²) >= 11 is 6.17. The minimum atomic E-state index is 0.260. The van der Waals surface area contributed by atoms with Gasteiger partial charge in [0.1, 0.15) is 11.6 Å². The monoisotopic (exact) mass is 351 g/mol. The van der Waals surface area contributed by atoms with Crippen LogP contribution in [0.4, 0.5) is 17.6 Å². The number of aromatic nitrogens is 4. The third-order valence-corrected chi connectivity index (χ3v) is 4.53. The number of nitrogens with one attached hydrogen (secondary N) is 1. The molecule has 0 bridgehead atoms. The molecule has 0 unspecified atom stereocenters. The van der Waals surface area contributed by atoms with E-state index in [2.05, 4.69) is 25.3 Å². The van der Waals surface area contributed by atoms with Crippen LogP contribution in [0.15, 0.2) is 6.07 Å². The number of anilines is 3. The second-order valence-corrected chi connectivity index (χ2v) is 6.08. The Morgan fingerprint density at radius 1 is 1.29 bits per heavy atom. The van der Waals surface area contributed by atoms with Crippen molar-refractivity contribution in [2.24, 2.45) is 0 Å². The summed E-state index contributed by atoms with van der Waals surface area (Å²) in [5, 5.41) is 8.41. The van der Waals surface area contributed by atoms with Crippen LogP contribution in [0.1, 0.15) is 11.4 Å². The SMILES string of the molecule is Cc1nn(CCNc2cc(N3CCOCC3)nc(N)n2)c(C)c1Cl. The van der Waals surface area contributed by atoms with Gasteiger partial charge in [-0.1, -0.05) is 11.6 Å². The van der Waals surface area contributed by atoms with Crippen molar-refractivity contribution >= 4 is 29.2 Å². The minimum absolute atomic E-state index is 0.260. The molecule has 0 saturated carbocycles. The maximum absolute atomic E-state index is 6.17. The third kappa shape index (κ3) is 3.70. The summed E-state index contributed by atoms with van der Waals surface area (Å²) in [6.45, 7) is 8.23. The van der Waals surface area contributed by atoms with Gasteiger partial charge in [-0.3, -0.25) is 4.68 Å². The summed E-state index contributed by atoms with van der Waals surface area (Å²) in [7, 11) is 0. The molecule has 1 saturated heterocycles. The Kier molecular flexibility index (Phi) is 5.06. The number of halogens is 1. The fourth-order valence-electron chi connectivity index (χ4n) is 2.68. The zero-order valence-corrected chi connectivity index (χ0v) is 14.7. The highest BCUT2D eigenvalue weighted by Gasteiger charge is 2.14. The molecule has 0 aromatic carbocycles. The minimum Gasteiger partial charge on any atom is -0.378 e. The Bertz CT molecular complexity index is 712. The highest BCUT2D eigenvalue weighted by atomic mass is 35.5. The van der Waals surface area contributed by atoms with E-state index in [0.717, 1.165) is 35.3 Å². The van der Waals surface area contributed by atoms with E-state index in [0.29, 0.717) is 32.1 Å². The predicted molar refractivity (Wildman–Crippen MR) is 94.7 cm³/mol. The number of hydrogen-bond donors (Lipinski definition) is 2. The quantitative estimate of drug-likeness (QED) is 0.842. The summed E-state index contributed by atoms with van der Waals surface area (Å²) in [6.07, 6.45) is 0. The van der Waals surface area contributed by atoms with Crippen molar-refractivity contribution in [1.82, 2.24) is 19.7 Å². The summed E-state index contributed by atoms with van der Waals surface area (Å²) in [5.41, 5.74) is 7.65. The van der Waals surface area contributed by atoms with Gasteiger partial charge in [0.2, 0.25) is 5.95 Å². The molecule has 0 amide bonds. The van der Waals surface area contributed by atoms with Crippen molar-refractivity contribution in [3.05, 3.63) is 22.5 Å². The molecular formula is C15H22ClN7O. The number of nitrogens with two attached hydrogens (primary N) is 1. The van der Waals surface area contributed by atoms with Gasteiger partial charge < -0.3 is 20.7 Å². The molecule has 0 spiro atoms. The number of aryl methyl sites for hydroxylation is 1. The standard InChI is InChI=1S/C15H22ClN7O/c1-10-14(16)11(2)23(21-10)4-3-18-12-9-13(20-15(17)19-12)22-5-7-24-8-6-22/h9H,3-8H2,1-2H3,(H3,17,18,19,20). The van der Waals surface area contributed by atoms with Gasteiger partial charge in [0.05, 0.1) is 36.2 Å².